The van der Waals surface area contributed by atoms with Crippen molar-refractivity contribution in [2.45, 2.75) is 25.4 Å². The summed E-state index contributed by atoms with van der Waals surface area (Å²) in [5, 5.41) is 12.3. The zero-order chi connectivity index (χ0) is 24.1. The summed E-state index contributed by atoms with van der Waals surface area (Å²) in [5.41, 5.74) is 0.762. The van der Waals surface area contributed by atoms with E-state index in [1.54, 1.807) is 42.5 Å². The van der Waals surface area contributed by atoms with Crippen molar-refractivity contribution < 1.29 is 41.6 Å². The van der Waals surface area contributed by atoms with Crippen molar-refractivity contribution in [2.24, 2.45) is 0 Å². The number of phosphoric ester groups is 1. The molecule has 33 heavy (non-hydrogen) atoms. The number of aromatic nitrogens is 3. The van der Waals surface area contributed by atoms with E-state index in [2.05, 4.69) is 9.62 Å². The number of nitrogens with zero attached hydrogens (tertiary/aromatic N) is 3. The molecule has 0 spiro atoms. The lowest BCUT2D eigenvalue weighted by molar-refractivity contribution is -0.149. The summed E-state index contributed by atoms with van der Waals surface area (Å²) >= 11 is 0. The fourth-order valence-electron chi connectivity index (χ4n) is 2.86. The molecule has 0 fully saturated rings. The molecule has 1 aromatic carbocycles. The molecule has 0 bridgehead atoms. The molecule has 12 nitrogen and oxygen atoms in total. The zero-order valence-corrected chi connectivity index (χ0v) is 19.4. The van der Waals surface area contributed by atoms with Crippen LogP contribution in [0.3, 0.4) is 0 Å². The Balaban J connectivity index is 1.62. The Bertz CT molecular complexity index is 1220. The molecule has 3 N–H and O–H groups in total. The van der Waals surface area contributed by atoms with Crippen LogP contribution in [0, 0.1) is 5.41 Å². The molecule has 2 aromatic heterocycles. The normalized spacial score (nSPS) is 14.8. The molecule has 15 heteroatoms. The summed E-state index contributed by atoms with van der Waals surface area (Å²) in [6.07, 6.45) is 1.14. The second-order valence-electron chi connectivity index (χ2n) is 6.86. The largest absolute Gasteiger partial charge is 0.471 e. The average molecular weight is 504 g/mol. The molecular formula is C18H23FN4O8P2. The molecule has 2 atom stereocenters. The van der Waals surface area contributed by atoms with Gasteiger partial charge < -0.3 is 19.0 Å². The van der Waals surface area contributed by atoms with Crippen molar-refractivity contribution in [2.75, 3.05) is 13.7 Å². The van der Waals surface area contributed by atoms with Crippen LogP contribution in [-0.4, -0.2) is 43.5 Å². The Hall–Kier alpha value is -2.37. The van der Waals surface area contributed by atoms with Crippen LogP contribution in [0.5, 0.6) is 5.75 Å². The van der Waals surface area contributed by atoms with Crippen LogP contribution >= 0.6 is 16.1 Å². The maximum atomic E-state index is 15.1. The number of rotatable bonds is 12. The van der Waals surface area contributed by atoms with E-state index >= 15 is 4.39 Å². The molecule has 0 radical (unpaired) electrons. The van der Waals surface area contributed by atoms with Gasteiger partial charge in [0.15, 0.2) is 5.49 Å². The quantitative estimate of drug-likeness (QED) is 0.315. The smallest absolute Gasteiger partial charge is 0.426 e. The minimum atomic E-state index is -4.71. The van der Waals surface area contributed by atoms with Gasteiger partial charge >= 0.3 is 16.1 Å². The van der Waals surface area contributed by atoms with Gasteiger partial charge in [-0.2, -0.15) is 5.10 Å². The molecule has 0 aliphatic carbocycles. The first kappa shape index (κ1) is 25.3. The van der Waals surface area contributed by atoms with Gasteiger partial charge in [0.25, 0.3) is 0 Å². The summed E-state index contributed by atoms with van der Waals surface area (Å²) in [7, 11) is -6.54. The number of benzene rings is 1. The van der Waals surface area contributed by atoms with Crippen molar-refractivity contribution in [3.8, 4) is 5.75 Å². The second kappa shape index (κ2) is 10.7. The van der Waals surface area contributed by atoms with Gasteiger partial charge in [0.1, 0.15) is 30.9 Å². The first-order chi connectivity index (χ1) is 15.6. The number of phosphoric acid groups is 1. The number of hydrogen-bond acceptors (Lipinski definition) is 8. The van der Waals surface area contributed by atoms with Gasteiger partial charge in [-0.05, 0) is 30.7 Å². The van der Waals surface area contributed by atoms with E-state index in [4.69, 9.17) is 29.0 Å². The van der Waals surface area contributed by atoms with Crippen LogP contribution in [0.1, 0.15) is 12.1 Å². The standard InChI is InChI=1S/C18H23FN4O8P2/c1-28-18(19,11-29-32(24)31-15-5-3-2-4-6-15)10-9-14-7-8-16-17(20)22(12-21-23(14)16)13-30-33(25,26)27/h2-8,12,20,32H,9-11,13H2,1H3,(H2,25,26,27). The predicted octanol–water partition coefficient (Wildman–Crippen LogP) is 2.41. The van der Waals surface area contributed by atoms with E-state index in [1.165, 1.54) is 18.0 Å². The summed E-state index contributed by atoms with van der Waals surface area (Å²) in [6.45, 7) is -1.18. The van der Waals surface area contributed by atoms with Gasteiger partial charge in [0.2, 0.25) is 5.85 Å². The fourth-order valence-corrected chi connectivity index (χ4v) is 3.85. The maximum Gasteiger partial charge on any atom is 0.471 e. The molecule has 3 rings (SSSR count). The number of nitrogens with one attached hydrogen (secondary N) is 1. The number of alkyl halides is 1. The molecule has 2 heterocycles. The SMILES string of the molecule is COC(F)(CCc1ccc2c(=N)n(COP(=O)(O)O)cnn12)CO[PH](=O)Oc1ccccc1. The van der Waals surface area contributed by atoms with Crippen LogP contribution in [0.4, 0.5) is 4.39 Å². The summed E-state index contributed by atoms with van der Waals surface area (Å²) < 4.78 is 59.9. The highest BCUT2D eigenvalue weighted by atomic mass is 31.2. The Morgan fingerprint density at radius 1 is 1.24 bits per heavy atom. The summed E-state index contributed by atoms with van der Waals surface area (Å²) in [5.74, 6) is -1.91. The highest BCUT2D eigenvalue weighted by Crippen LogP contribution is 2.36. The van der Waals surface area contributed by atoms with E-state index in [1.807, 2.05) is 0 Å². The topological polar surface area (TPSA) is 158 Å². The molecule has 0 saturated heterocycles. The van der Waals surface area contributed by atoms with Gasteiger partial charge in [0, 0.05) is 19.2 Å². The third-order valence-electron chi connectivity index (χ3n) is 4.61. The molecule has 2 unspecified atom stereocenters. The van der Waals surface area contributed by atoms with Gasteiger partial charge in [-0.25, -0.2) is 18.0 Å². The minimum Gasteiger partial charge on any atom is -0.426 e. The molecule has 0 amide bonds. The minimum absolute atomic E-state index is 0.108. The summed E-state index contributed by atoms with van der Waals surface area (Å²) in [6, 6.07) is 11.5. The first-order valence-electron chi connectivity index (χ1n) is 9.55. The number of para-hydroxylation sites is 1. The molecule has 0 aliphatic rings. The van der Waals surface area contributed by atoms with Crippen LogP contribution in [-0.2, 0) is 36.1 Å². The third kappa shape index (κ3) is 7.05. The van der Waals surface area contributed by atoms with E-state index in [0.29, 0.717) is 17.0 Å². The molecule has 180 valence electrons. The van der Waals surface area contributed by atoms with Gasteiger partial charge in [-0.15, -0.1) is 0 Å². The third-order valence-corrected chi connectivity index (χ3v) is 5.84. The second-order valence-corrected chi connectivity index (χ2v) is 9.09. The Labute approximate surface area is 188 Å². The van der Waals surface area contributed by atoms with Crippen molar-refractivity contribution in [3.05, 3.63) is 60.0 Å². The van der Waals surface area contributed by atoms with E-state index in [-0.39, 0.29) is 18.3 Å². The lowest BCUT2D eigenvalue weighted by Gasteiger charge is -2.23. The van der Waals surface area contributed by atoms with Gasteiger partial charge in [-0.3, -0.25) is 19.0 Å². The zero-order valence-electron chi connectivity index (χ0n) is 17.5. The Kier molecular flexibility index (Phi) is 8.19. The van der Waals surface area contributed by atoms with Crippen LogP contribution in [0.2, 0.25) is 0 Å². The predicted molar refractivity (Wildman–Crippen MR) is 113 cm³/mol. The number of halogens is 1. The van der Waals surface area contributed by atoms with Crippen molar-refractivity contribution >= 4 is 21.6 Å². The van der Waals surface area contributed by atoms with Crippen molar-refractivity contribution in [1.29, 1.82) is 5.41 Å². The van der Waals surface area contributed by atoms with Crippen LogP contribution in [0.15, 0.2) is 48.8 Å². The molecule has 3 aromatic rings. The van der Waals surface area contributed by atoms with Crippen LogP contribution < -0.4 is 10.0 Å². The number of fused-ring (bicyclic) bond motifs is 1. The Morgan fingerprint density at radius 2 is 1.97 bits per heavy atom. The van der Waals surface area contributed by atoms with E-state index in [9.17, 15) is 9.13 Å². The molecule has 0 saturated carbocycles. The van der Waals surface area contributed by atoms with Gasteiger partial charge in [0.05, 0.1) is 0 Å². The fraction of sp³-hybridized carbons (Fsp3) is 0.333. The van der Waals surface area contributed by atoms with E-state index < -0.39 is 35.3 Å². The number of ether oxygens (including phenoxy) is 1. The highest BCUT2D eigenvalue weighted by Gasteiger charge is 2.31. The lowest BCUT2D eigenvalue weighted by atomic mass is 10.1. The summed E-state index contributed by atoms with van der Waals surface area (Å²) in [4.78, 5) is 17.6. The lowest BCUT2D eigenvalue weighted by Crippen LogP contribution is -2.32. The van der Waals surface area contributed by atoms with Crippen molar-refractivity contribution in [1.82, 2.24) is 14.2 Å². The number of methoxy groups -OCH3 is 1. The van der Waals surface area contributed by atoms with Crippen LogP contribution in [0.25, 0.3) is 5.52 Å². The van der Waals surface area contributed by atoms with Gasteiger partial charge in [-0.1, -0.05) is 18.2 Å². The molecular weight excluding hydrogens is 481 g/mol. The maximum absolute atomic E-state index is 15.1. The number of hydrogen-bond donors (Lipinski definition) is 3. The van der Waals surface area contributed by atoms with E-state index in [0.717, 1.165) is 4.57 Å². The molecule has 0 aliphatic heterocycles. The monoisotopic (exact) mass is 504 g/mol. The Morgan fingerprint density at radius 3 is 2.64 bits per heavy atom. The number of aryl methyl sites for hydroxylation is 1. The average Bonchev–Trinajstić information content (AvgIpc) is 3.20. The van der Waals surface area contributed by atoms with Crippen molar-refractivity contribution in [3.63, 3.8) is 0 Å². The first-order valence-corrected chi connectivity index (χ1v) is 12.3. The highest BCUT2D eigenvalue weighted by molar-refractivity contribution is 7.46.